The monoisotopic (exact) mass is 247 g/mol. The van der Waals surface area contributed by atoms with Crippen LogP contribution in [0.25, 0.3) is 0 Å². The molecule has 0 radical (unpaired) electrons. The van der Waals surface area contributed by atoms with Gasteiger partial charge in [0.1, 0.15) is 0 Å². The summed E-state index contributed by atoms with van der Waals surface area (Å²) in [5, 5.41) is 9.03. The molecule has 0 aliphatic heterocycles. The summed E-state index contributed by atoms with van der Waals surface area (Å²) < 4.78 is 0. The second-order valence-electron chi connectivity index (χ2n) is 4.90. The Morgan fingerprint density at radius 3 is 2.50 bits per heavy atom. The highest BCUT2D eigenvalue weighted by Gasteiger charge is 2.32. The van der Waals surface area contributed by atoms with Gasteiger partial charge in [-0.15, -0.1) is 0 Å². The highest BCUT2D eigenvalue weighted by atomic mass is 16.3. The molecule has 0 saturated heterocycles. The van der Waals surface area contributed by atoms with Gasteiger partial charge in [0.2, 0.25) is 0 Å². The van der Waals surface area contributed by atoms with Gasteiger partial charge in [-0.25, -0.2) is 0 Å². The van der Waals surface area contributed by atoms with E-state index >= 15 is 0 Å². The van der Waals surface area contributed by atoms with Crippen molar-refractivity contribution in [2.24, 2.45) is 0 Å². The average molecular weight is 247 g/mol. The fourth-order valence-electron chi connectivity index (χ4n) is 2.21. The summed E-state index contributed by atoms with van der Waals surface area (Å²) in [7, 11) is 0. The Kier molecular flexibility index (Phi) is 4.37. The molecule has 1 saturated carbocycles. The Labute approximate surface area is 108 Å². The van der Waals surface area contributed by atoms with Gasteiger partial charge in [0.25, 0.3) is 5.91 Å². The number of carbonyl (C=O) groups is 1. The summed E-state index contributed by atoms with van der Waals surface area (Å²) in [5.41, 5.74) is 2.00. The van der Waals surface area contributed by atoms with Crippen molar-refractivity contribution in [2.75, 3.05) is 13.2 Å². The summed E-state index contributed by atoms with van der Waals surface area (Å²) in [6.07, 6.45) is 4.31. The van der Waals surface area contributed by atoms with Crippen LogP contribution in [0.3, 0.4) is 0 Å². The predicted molar refractivity (Wildman–Crippen MR) is 71.6 cm³/mol. The maximum atomic E-state index is 12.3. The van der Waals surface area contributed by atoms with Crippen LogP contribution in [0.15, 0.2) is 24.3 Å². The molecule has 0 spiro atoms. The predicted octanol–water partition coefficient (Wildman–Crippen LogP) is 2.24. The lowest BCUT2D eigenvalue weighted by Gasteiger charge is -2.21. The van der Waals surface area contributed by atoms with Crippen molar-refractivity contribution in [2.45, 2.75) is 38.6 Å². The van der Waals surface area contributed by atoms with Gasteiger partial charge < -0.3 is 10.0 Å². The topological polar surface area (TPSA) is 40.5 Å². The lowest BCUT2D eigenvalue weighted by Crippen LogP contribution is -2.35. The van der Waals surface area contributed by atoms with E-state index in [0.717, 1.165) is 31.2 Å². The molecule has 1 aliphatic rings. The molecule has 1 N–H and O–H groups in total. The van der Waals surface area contributed by atoms with Crippen LogP contribution in [0.2, 0.25) is 0 Å². The molecule has 3 heteroatoms. The van der Waals surface area contributed by atoms with Crippen LogP contribution in [0, 0.1) is 0 Å². The van der Waals surface area contributed by atoms with Crippen LogP contribution < -0.4 is 0 Å². The minimum Gasteiger partial charge on any atom is -0.395 e. The van der Waals surface area contributed by atoms with Gasteiger partial charge in [-0.2, -0.15) is 0 Å². The van der Waals surface area contributed by atoms with Crippen LogP contribution in [-0.4, -0.2) is 35.1 Å². The fourth-order valence-corrected chi connectivity index (χ4v) is 2.21. The molecule has 0 heterocycles. The highest BCUT2D eigenvalue weighted by Crippen LogP contribution is 2.28. The van der Waals surface area contributed by atoms with Crippen LogP contribution in [-0.2, 0) is 6.42 Å². The zero-order chi connectivity index (χ0) is 13.0. The minimum atomic E-state index is 0.0379. The molecule has 0 atom stereocenters. The summed E-state index contributed by atoms with van der Waals surface area (Å²) in [6.45, 7) is 2.63. The van der Waals surface area contributed by atoms with Crippen LogP contribution in [0.4, 0.5) is 0 Å². The number of aliphatic hydroxyl groups excluding tert-OH is 1. The summed E-state index contributed by atoms with van der Waals surface area (Å²) in [6, 6.07) is 8.21. The van der Waals surface area contributed by atoms with Gasteiger partial charge in [-0.1, -0.05) is 25.5 Å². The molecule has 1 aromatic rings. The lowest BCUT2D eigenvalue weighted by atomic mass is 10.1. The first-order valence-corrected chi connectivity index (χ1v) is 6.77. The Balaban J connectivity index is 2.06. The molecule has 1 fully saturated rings. The number of carbonyl (C=O) groups excluding carboxylic acids is 1. The largest absolute Gasteiger partial charge is 0.395 e. The van der Waals surface area contributed by atoms with Crippen LogP contribution in [0.5, 0.6) is 0 Å². The van der Waals surface area contributed by atoms with E-state index in [1.54, 1.807) is 4.90 Å². The van der Waals surface area contributed by atoms with Gasteiger partial charge in [-0.3, -0.25) is 4.79 Å². The van der Waals surface area contributed by atoms with Crippen molar-refractivity contribution in [1.29, 1.82) is 0 Å². The number of aryl methyl sites for hydroxylation is 1. The van der Waals surface area contributed by atoms with E-state index in [2.05, 4.69) is 6.92 Å². The number of nitrogens with zero attached hydrogens (tertiary/aromatic N) is 1. The molecule has 1 aliphatic carbocycles. The van der Waals surface area contributed by atoms with E-state index in [1.807, 2.05) is 24.3 Å². The highest BCUT2D eigenvalue weighted by molar-refractivity contribution is 5.94. The summed E-state index contributed by atoms with van der Waals surface area (Å²) in [4.78, 5) is 14.1. The molecule has 0 unspecified atom stereocenters. The summed E-state index contributed by atoms with van der Waals surface area (Å²) >= 11 is 0. The van der Waals surface area contributed by atoms with E-state index in [4.69, 9.17) is 5.11 Å². The third kappa shape index (κ3) is 3.10. The van der Waals surface area contributed by atoms with Crippen molar-refractivity contribution < 1.29 is 9.90 Å². The third-order valence-corrected chi connectivity index (χ3v) is 3.33. The Morgan fingerprint density at radius 1 is 1.33 bits per heavy atom. The molecule has 3 nitrogen and oxygen atoms in total. The van der Waals surface area contributed by atoms with E-state index < -0.39 is 0 Å². The Bertz CT molecular complexity index is 395. The number of amides is 1. The van der Waals surface area contributed by atoms with E-state index in [1.165, 1.54) is 5.56 Å². The zero-order valence-corrected chi connectivity index (χ0v) is 10.9. The average Bonchev–Trinajstić information content (AvgIpc) is 3.21. The quantitative estimate of drug-likeness (QED) is 0.837. The number of aliphatic hydroxyl groups is 1. The standard InChI is InChI=1S/C15H21NO2/c1-2-3-12-4-6-13(7-5-12)15(18)16(10-11-17)14-8-9-14/h4-7,14,17H,2-3,8-11H2,1H3. The number of benzene rings is 1. The third-order valence-electron chi connectivity index (χ3n) is 3.33. The maximum Gasteiger partial charge on any atom is 0.254 e. The second-order valence-corrected chi connectivity index (χ2v) is 4.90. The van der Waals surface area contributed by atoms with E-state index in [9.17, 15) is 4.79 Å². The second kappa shape index (κ2) is 6.01. The molecule has 1 aromatic carbocycles. The maximum absolute atomic E-state index is 12.3. The van der Waals surface area contributed by atoms with Crippen molar-refractivity contribution in [3.05, 3.63) is 35.4 Å². The normalized spacial score (nSPS) is 14.6. The molecule has 18 heavy (non-hydrogen) atoms. The first kappa shape index (κ1) is 13.1. The molecule has 0 bridgehead atoms. The smallest absolute Gasteiger partial charge is 0.254 e. The first-order valence-electron chi connectivity index (χ1n) is 6.77. The Hall–Kier alpha value is -1.35. The van der Waals surface area contributed by atoms with Crippen LogP contribution >= 0.6 is 0 Å². The fraction of sp³-hybridized carbons (Fsp3) is 0.533. The molecule has 2 rings (SSSR count). The van der Waals surface area contributed by atoms with Crippen molar-refractivity contribution in [3.63, 3.8) is 0 Å². The molecular formula is C15H21NO2. The summed E-state index contributed by atoms with van der Waals surface area (Å²) in [5.74, 6) is 0.0506. The number of hydrogen-bond donors (Lipinski definition) is 1. The molecular weight excluding hydrogens is 226 g/mol. The van der Waals surface area contributed by atoms with Crippen molar-refractivity contribution in [3.8, 4) is 0 Å². The number of hydrogen-bond acceptors (Lipinski definition) is 2. The molecule has 1 amide bonds. The molecule has 0 aromatic heterocycles. The SMILES string of the molecule is CCCc1ccc(C(=O)N(CCO)C2CC2)cc1. The first-order chi connectivity index (χ1) is 8.76. The molecule has 98 valence electrons. The Morgan fingerprint density at radius 2 is 2.00 bits per heavy atom. The van der Waals surface area contributed by atoms with Gasteiger partial charge in [0.15, 0.2) is 0 Å². The van der Waals surface area contributed by atoms with Gasteiger partial charge >= 0.3 is 0 Å². The van der Waals surface area contributed by atoms with Crippen LogP contribution in [0.1, 0.15) is 42.1 Å². The van der Waals surface area contributed by atoms with Gasteiger partial charge in [-0.05, 0) is 37.0 Å². The van der Waals surface area contributed by atoms with E-state index in [-0.39, 0.29) is 12.5 Å². The lowest BCUT2D eigenvalue weighted by molar-refractivity contribution is 0.0707. The van der Waals surface area contributed by atoms with Gasteiger partial charge in [0, 0.05) is 18.2 Å². The minimum absolute atomic E-state index is 0.0379. The van der Waals surface area contributed by atoms with Crippen molar-refractivity contribution in [1.82, 2.24) is 4.90 Å². The van der Waals surface area contributed by atoms with Gasteiger partial charge in [0.05, 0.1) is 6.61 Å². The zero-order valence-electron chi connectivity index (χ0n) is 10.9. The number of rotatable bonds is 6. The van der Waals surface area contributed by atoms with E-state index in [0.29, 0.717) is 12.6 Å². The van der Waals surface area contributed by atoms with Crippen molar-refractivity contribution >= 4 is 5.91 Å².